The number of allylic oxidation sites excluding steroid dienone is 1. The monoisotopic (exact) mass is 765 g/mol. The Bertz CT molecular complexity index is 1570. The number of hydrogen-bond acceptors (Lipinski definition) is 8. The summed E-state index contributed by atoms with van der Waals surface area (Å²) in [7, 11) is 1.50. The summed E-state index contributed by atoms with van der Waals surface area (Å²) in [5.74, 6) is -3.94. The summed E-state index contributed by atoms with van der Waals surface area (Å²) in [4.78, 5) is 59.9. The smallest absolute Gasteiger partial charge is 0.313 e. The molecular weight excluding hydrogens is 718 g/mol. The van der Waals surface area contributed by atoms with Crippen LogP contribution < -0.4 is 5.32 Å². The SMILES string of the molecule is C=CCCC(=O)N[C@H](COC)[C@H](OC(=O)[C@@H]1[C@H]2O[C@@]3(CC2Br)[C@H](C(=O)N(CC=C)C(C)C)N([C@H](CO)c2ccccc2)C(=O)[C@@H]13)c1ccccc1. The van der Waals surface area contributed by atoms with Crippen molar-refractivity contribution < 1.29 is 38.5 Å². The fourth-order valence-electron chi connectivity index (χ4n) is 7.96. The number of alkyl halides is 1. The molecule has 3 aliphatic rings. The van der Waals surface area contributed by atoms with E-state index in [0.717, 1.165) is 0 Å². The van der Waals surface area contributed by atoms with Crippen LogP contribution in [0.1, 0.15) is 56.4 Å². The maximum atomic E-state index is 14.9. The lowest BCUT2D eigenvalue weighted by atomic mass is 9.70. The average molecular weight is 767 g/mol. The first-order valence-corrected chi connectivity index (χ1v) is 18.3. The van der Waals surface area contributed by atoms with Crippen molar-refractivity contribution in [3.05, 3.63) is 97.1 Å². The van der Waals surface area contributed by atoms with Crippen LogP contribution in [0, 0.1) is 11.8 Å². The second-order valence-electron chi connectivity index (χ2n) is 13.6. The maximum Gasteiger partial charge on any atom is 0.313 e. The van der Waals surface area contributed by atoms with Gasteiger partial charge in [0, 0.05) is 30.9 Å². The molecule has 1 unspecified atom stereocenters. The molecule has 2 bridgehead atoms. The molecule has 9 atom stereocenters. The van der Waals surface area contributed by atoms with Gasteiger partial charge in [0.25, 0.3) is 0 Å². The van der Waals surface area contributed by atoms with Gasteiger partial charge >= 0.3 is 5.97 Å². The summed E-state index contributed by atoms with van der Waals surface area (Å²) in [5.41, 5.74) is -0.120. The van der Waals surface area contributed by atoms with E-state index in [0.29, 0.717) is 17.5 Å². The van der Waals surface area contributed by atoms with Crippen LogP contribution in [0.15, 0.2) is 86.0 Å². The van der Waals surface area contributed by atoms with E-state index in [2.05, 4.69) is 34.4 Å². The number of halogens is 1. The Labute approximate surface area is 308 Å². The highest BCUT2D eigenvalue weighted by Gasteiger charge is 2.77. The minimum Gasteiger partial charge on any atom is -0.455 e. The van der Waals surface area contributed by atoms with Crippen LogP contribution in [0.4, 0.5) is 0 Å². The zero-order valence-corrected chi connectivity index (χ0v) is 30.9. The van der Waals surface area contributed by atoms with Crippen molar-refractivity contribution in [1.82, 2.24) is 15.1 Å². The Balaban J connectivity index is 1.57. The van der Waals surface area contributed by atoms with E-state index in [4.69, 9.17) is 14.2 Å². The molecule has 3 saturated heterocycles. The number of nitrogens with zero attached hydrogens (tertiary/aromatic N) is 2. The van der Waals surface area contributed by atoms with Crippen LogP contribution in [0.3, 0.4) is 0 Å². The first kappa shape index (κ1) is 38.4. The minimum absolute atomic E-state index is 0.0403. The fraction of sp³-hybridized carbons (Fsp3) is 0.487. The first-order valence-electron chi connectivity index (χ1n) is 17.4. The van der Waals surface area contributed by atoms with Gasteiger partial charge in [-0.15, -0.1) is 13.2 Å². The summed E-state index contributed by atoms with van der Waals surface area (Å²) in [6.07, 6.45) is 2.48. The lowest BCUT2D eigenvalue weighted by Gasteiger charge is -2.40. The van der Waals surface area contributed by atoms with Crippen LogP contribution in [0.5, 0.6) is 0 Å². The zero-order chi connectivity index (χ0) is 36.9. The van der Waals surface area contributed by atoms with E-state index in [1.54, 1.807) is 65.6 Å². The van der Waals surface area contributed by atoms with Gasteiger partial charge in [-0.25, -0.2) is 0 Å². The van der Waals surface area contributed by atoms with Gasteiger partial charge in [-0.1, -0.05) is 88.7 Å². The van der Waals surface area contributed by atoms with Gasteiger partial charge in [0.15, 0.2) is 0 Å². The van der Waals surface area contributed by atoms with E-state index < -0.39 is 66.3 Å². The van der Waals surface area contributed by atoms with Gasteiger partial charge in [-0.2, -0.15) is 0 Å². The summed E-state index contributed by atoms with van der Waals surface area (Å²) >= 11 is 3.73. The normalized spacial score (nSPS) is 26.7. The second-order valence-corrected chi connectivity index (χ2v) is 14.8. The molecule has 0 aliphatic carbocycles. The van der Waals surface area contributed by atoms with Gasteiger partial charge in [-0.05, 0) is 37.8 Å². The van der Waals surface area contributed by atoms with E-state index in [1.807, 2.05) is 26.0 Å². The van der Waals surface area contributed by atoms with Crippen molar-refractivity contribution in [3.63, 3.8) is 0 Å². The quantitative estimate of drug-likeness (QED) is 0.139. The van der Waals surface area contributed by atoms with Gasteiger partial charge in [0.2, 0.25) is 17.7 Å². The summed E-state index contributed by atoms with van der Waals surface area (Å²) in [5, 5.41) is 13.8. The Morgan fingerprint density at radius 3 is 2.31 bits per heavy atom. The minimum atomic E-state index is -1.39. The van der Waals surface area contributed by atoms with Crippen molar-refractivity contribution in [1.29, 1.82) is 0 Å². The molecule has 274 valence electrons. The van der Waals surface area contributed by atoms with E-state index in [1.165, 1.54) is 12.0 Å². The number of nitrogens with one attached hydrogen (secondary N) is 1. The van der Waals surface area contributed by atoms with Crippen LogP contribution in [0.25, 0.3) is 0 Å². The van der Waals surface area contributed by atoms with Crippen LogP contribution in [-0.2, 0) is 33.4 Å². The number of esters is 1. The van der Waals surface area contributed by atoms with Crippen LogP contribution in [-0.4, -0.2) is 100 Å². The molecule has 11 nitrogen and oxygen atoms in total. The number of aliphatic hydroxyl groups is 1. The lowest BCUT2D eigenvalue weighted by Crippen LogP contribution is -2.58. The largest absolute Gasteiger partial charge is 0.455 e. The molecule has 5 rings (SSSR count). The third kappa shape index (κ3) is 7.42. The number of aliphatic hydroxyl groups excluding tert-OH is 1. The Morgan fingerprint density at radius 1 is 1.10 bits per heavy atom. The van der Waals surface area contributed by atoms with Crippen molar-refractivity contribution in [2.45, 2.75) is 79.9 Å². The molecule has 2 aromatic carbocycles. The Hall–Kier alpha value is -3.84. The average Bonchev–Trinajstić information content (AvgIpc) is 3.72. The Morgan fingerprint density at radius 2 is 1.75 bits per heavy atom. The number of fused-ring (bicyclic) bond motifs is 1. The lowest BCUT2D eigenvalue weighted by molar-refractivity contribution is -0.163. The van der Waals surface area contributed by atoms with Crippen LogP contribution >= 0.6 is 15.9 Å². The molecule has 1 spiro atoms. The van der Waals surface area contributed by atoms with Gasteiger partial charge in [0.05, 0.1) is 43.2 Å². The summed E-state index contributed by atoms with van der Waals surface area (Å²) in [6, 6.07) is 15.1. The molecule has 51 heavy (non-hydrogen) atoms. The fourth-order valence-corrected chi connectivity index (χ4v) is 8.90. The number of amides is 3. The number of carbonyl (C=O) groups excluding carboxylic acids is 4. The number of hydrogen-bond donors (Lipinski definition) is 2. The van der Waals surface area contributed by atoms with Crippen LogP contribution in [0.2, 0.25) is 0 Å². The molecule has 3 aliphatic heterocycles. The molecule has 2 aromatic rings. The summed E-state index contributed by atoms with van der Waals surface area (Å²) in [6.45, 7) is 11.1. The molecule has 0 saturated carbocycles. The standard InChI is InChI=1S/C39H48BrN3O8/c1-6-8-19-30(45)41-28(23-49-5)33(26-17-13-10-14-18-26)50-38(48)31-32-36(46)43(29(22-44)25-15-11-9-12-16-25)35(37(47)42(20-7-2)24(3)4)39(32)21-27(40)34(31)51-39/h6-7,9-18,24,27-29,31-35,44H,1-2,8,19-23H2,3-5H3,(H,41,45)/t27?,28-,29-,31+,32-,33-,34+,35+,39-/m1/s1. The topological polar surface area (TPSA) is 135 Å². The number of rotatable bonds is 17. The predicted octanol–water partition coefficient (Wildman–Crippen LogP) is 4.27. The van der Waals surface area contributed by atoms with E-state index in [-0.39, 0.29) is 48.7 Å². The zero-order valence-electron chi connectivity index (χ0n) is 29.4. The molecule has 0 aromatic heterocycles. The molecule has 0 radical (unpaired) electrons. The van der Waals surface area contributed by atoms with E-state index in [9.17, 15) is 24.3 Å². The van der Waals surface area contributed by atoms with Crippen molar-refractivity contribution in [2.75, 3.05) is 26.9 Å². The van der Waals surface area contributed by atoms with Gasteiger partial charge in [-0.3, -0.25) is 19.2 Å². The van der Waals surface area contributed by atoms with Gasteiger partial charge in [0.1, 0.15) is 17.7 Å². The highest BCUT2D eigenvalue weighted by atomic mass is 79.9. The predicted molar refractivity (Wildman–Crippen MR) is 194 cm³/mol. The number of ether oxygens (including phenoxy) is 3. The highest BCUT2D eigenvalue weighted by Crippen LogP contribution is 2.61. The number of benzene rings is 2. The molecule has 12 heteroatoms. The molecule has 3 fully saturated rings. The molecular formula is C39H48BrN3O8. The Kier molecular flexibility index (Phi) is 12.5. The number of likely N-dealkylation sites (tertiary alicyclic amines) is 1. The van der Waals surface area contributed by atoms with E-state index >= 15 is 0 Å². The second kappa shape index (κ2) is 16.7. The van der Waals surface area contributed by atoms with Crippen molar-refractivity contribution in [2.24, 2.45) is 11.8 Å². The van der Waals surface area contributed by atoms with Gasteiger partial charge < -0.3 is 34.4 Å². The molecule has 2 N–H and O–H groups in total. The number of carbonyl (C=O) groups is 4. The molecule has 3 amide bonds. The summed E-state index contributed by atoms with van der Waals surface area (Å²) < 4.78 is 18.6. The van der Waals surface area contributed by atoms with Crippen molar-refractivity contribution in [3.8, 4) is 0 Å². The third-order valence-corrected chi connectivity index (χ3v) is 11.0. The molecule has 3 heterocycles. The maximum absolute atomic E-state index is 14.9. The highest BCUT2D eigenvalue weighted by molar-refractivity contribution is 9.09. The third-order valence-electron chi connectivity index (χ3n) is 10.2. The number of methoxy groups -OCH3 is 1. The first-order chi connectivity index (χ1) is 24.5. The van der Waals surface area contributed by atoms with Crippen molar-refractivity contribution >= 4 is 39.6 Å².